The summed E-state index contributed by atoms with van der Waals surface area (Å²) in [7, 11) is 0. The lowest BCUT2D eigenvalue weighted by atomic mass is 10.1. The minimum atomic E-state index is 0.0301. The smallest absolute Gasteiger partial charge is 0.140 e. The molecule has 0 saturated carbocycles. The first-order valence-electron chi connectivity index (χ1n) is 6.96. The van der Waals surface area contributed by atoms with Crippen molar-refractivity contribution in [1.82, 2.24) is 4.98 Å². The van der Waals surface area contributed by atoms with Gasteiger partial charge in [-0.3, -0.25) is 20.7 Å². The Morgan fingerprint density at radius 2 is 1.71 bits per heavy atom. The van der Waals surface area contributed by atoms with Crippen molar-refractivity contribution in [3.63, 3.8) is 0 Å². The van der Waals surface area contributed by atoms with Gasteiger partial charge in [0.15, 0.2) is 0 Å². The molecule has 0 aliphatic rings. The van der Waals surface area contributed by atoms with Gasteiger partial charge >= 0.3 is 0 Å². The number of anilines is 1. The molecule has 21 heavy (non-hydrogen) atoms. The van der Waals surface area contributed by atoms with Crippen molar-refractivity contribution in [2.45, 2.75) is 20.8 Å². The van der Waals surface area contributed by atoms with E-state index in [0.717, 1.165) is 16.9 Å². The third-order valence-electron chi connectivity index (χ3n) is 3.29. The van der Waals surface area contributed by atoms with Gasteiger partial charge in [0, 0.05) is 29.1 Å². The van der Waals surface area contributed by atoms with E-state index >= 15 is 0 Å². The molecular weight excluding hydrogens is 260 g/mol. The lowest BCUT2D eigenvalue weighted by Gasteiger charge is -2.28. The maximum atomic E-state index is 8.53. The quantitative estimate of drug-likeness (QED) is 0.662. The Hall–Kier alpha value is -2.49. The molecule has 0 amide bonds. The second-order valence-electron chi connectivity index (χ2n) is 5.20. The predicted molar refractivity (Wildman–Crippen MR) is 87.3 cm³/mol. The number of hydrogen-bond donors (Lipinski definition) is 2. The van der Waals surface area contributed by atoms with Crippen LogP contribution in [0.5, 0.6) is 0 Å². The first kappa shape index (κ1) is 14.9. The molecule has 0 unspecified atom stereocenters. The van der Waals surface area contributed by atoms with E-state index in [9.17, 15) is 0 Å². The van der Waals surface area contributed by atoms with Crippen LogP contribution in [-0.4, -0.2) is 16.7 Å². The average Bonchev–Trinajstić information content (AvgIpc) is 2.48. The van der Waals surface area contributed by atoms with E-state index in [4.69, 9.17) is 10.8 Å². The fourth-order valence-electron chi connectivity index (χ4n) is 2.08. The van der Waals surface area contributed by atoms with Gasteiger partial charge in [0.25, 0.3) is 0 Å². The van der Waals surface area contributed by atoms with E-state index in [0.29, 0.717) is 5.84 Å². The lowest BCUT2D eigenvalue weighted by Crippen LogP contribution is -2.39. The van der Waals surface area contributed by atoms with Gasteiger partial charge in [-0.2, -0.15) is 0 Å². The number of pyridine rings is 1. The molecule has 1 aromatic carbocycles. The maximum absolute atomic E-state index is 8.53. The summed E-state index contributed by atoms with van der Waals surface area (Å²) >= 11 is 0. The lowest BCUT2D eigenvalue weighted by molar-refractivity contribution is 0.859. The fraction of sp³-hybridized carbons (Fsp3) is 0.235. The van der Waals surface area contributed by atoms with E-state index in [2.05, 4.69) is 4.98 Å². The van der Waals surface area contributed by atoms with E-state index in [1.165, 1.54) is 0 Å². The van der Waals surface area contributed by atoms with Crippen molar-refractivity contribution in [2.24, 2.45) is 5.92 Å². The highest BCUT2D eigenvalue weighted by molar-refractivity contribution is 6.23. The van der Waals surface area contributed by atoms with Crippen LogP contribution in [0, 0.1) is 23.7 Å². The number of para-hydroxylation sites is 1. The number of aryl methyl sites for hydroxylation is 1. The van der Waals surface area contributed by atoms with E-state index in [1.807, 2.05) is 63.2 Å². The van der Waals surface area contributed by atoms with Crippen molar-refractivity contribution >= 4 is 17.4 Å². The van der Waals surface area contributed by atoms with Gasteiger partial charge in [0.1, 0.15) is 11.7 Å². The molecule has 2 aromatic rings. The molecule has 4 nitrogen and oxygen atoms in total. The summed E-state index contributed by atoms with van der Waals surface area (Å²) in [6.07, 6.45) is 1.72. The molecule has 108 valence electrons. The molecule has 1 aromatic heterocycles. The van der Waals surface area contributed by atoms with Crippen LogP contribution in [0.15, 0.2) is 48.7 Å². The Kier molecular flexibility index (Phi) is 4.48. The monoisotopic (exact) mass is 280 g/mol. The van der Waals surface area contributed by atoms with Crippen LogP contribution in [0.1, 0.15) is 25.1 Å². The molecule has 0 radical (unpaired) electrons. The van der Waals surface area contributed by atoms with Gasteiger partial charge in [-0.05, 0) is 31.2 Å². The first-order chi connectivity index (χ1) is 10.0. The molecule has 1 heterocycles. The van der Waals surface area contributed by atoms with Gasteiger partial charge in [0.05, 0.1) is 0 Å². The standard InChI is InChI=1S/C17H20N4/c1-12(2)16(18)21(14-8-5-4-6-9-14)17(19)15-10-7-11-20-13(15)3/h4-12,18-19H,1-3H3. The normalized spacial score (nSPS) is 10.5. The zero-order chi connectivity index (χ0) is 15.4. The zero-order valence-corrected chi connectivity index (χ0v) is 12.6. The molecule has 0 bridgehead atoms. The Morgan fingerprint density at radius 1 is 1.05 bits per heavy atom. The molecular formula is C17H20N4. The molecule has 0 aliphatic heterocycles. The number of rotatable bonds is 3. The van der Waals surface area contributed by atoms with Crippen molar-refractivity contribution in [2.75, 3.05) is 4.90 Å². The van der Waals surface area contributed by atoms with Crippen LogP contribution in [0.25, 0.3) is 0 Å². The van der Waals surface area contributed by atoms with Crippen molar-refractivity contribution in [1.29, 1.82) is 10.8 Å². The van der Waals surface area contributed by atoms with Crippen LogP contribution in [0.3, 0.4) is 0 Å². The van der Waals surface area contributed by atoms with Crippen LogP contribution >= 0.6 is 0 Å². The number of nitrogens with one attached hydrogen (secondary N) is 2. The number of benzene rings is 1. The van der Waals surface area contributed by atoms with Gasteiger partial charge in [-0.1, -0.05) is 32.0 Å². The molecule has 0 atom stereocenters. The van der Waals surface area contributed by atoms with Gasteiger partial charge < -0.3 is 0 Å². The fourth-order valence-corrected chi connectivity index (χ4v) is 2.08. The summed E-state index contributed by atoms with van der Waals surface area (Å²) in [6.45, 7) is 5.80. The predicted octanol–water partition coefficient (Wildman–Crippen LogP) is 3.86. The minimum absolute atomic E-state index is 0.0301. The van der Waals surface area contributed by atoms with Gasteiger partial charge in [-0.15, -0.1) is 0 Å². The van der Waals surface area contributed by atoms with Crippen molar-refractivity contribution < 1.29 is 0 Å². The summed E-state index contributed by atoms with van der Waals surface area (Å²) < 4.78 is 0. The average molecular weight is 280 g/mol. The molecule has 2 rings (SSSR count). The summed E-state index contributed by atoms with van der Waals surface area (Å²) in [5, 5.41) is 16.9. The Labute approximate surface area is 125 Å². The minimum Gasteiger partial charge on any atom is -0.288 e. The number of amidine groups is 2. The number of nitrogens with zero attached hydrogens (tertiary/aromatic N) is 2. The van der Waals surface area contributed by atoms with E-state index < -0.39 is 0 Å². The van der Waals surface area contributed by atoms with Crippen LogP contribution in [-0.2, 0) is 0 Å². The Bertz CT molecular complexity index is 647. The zero-order valence-electron chi connectivity index (χ0n) is 12.6. The van der Waals surface area contributed by atoms with Crippen molar-refractivity contribution in [3.8, 4) is 0 Å². The maximum Gasteiger partial charge on any atom is 0.140 e. The summed E-state index contributed by atoms with van der Waals surface area (Å²) in [4.78, 5) is 5.92. The van der Waals surface area contributed by atoms with Gasteiger partial charge in [0.2, 0.25) is 0 Å². The van der Waals surface area contributed by atoms with Crippen LogP contribution in [0.2, 0.25) is 0 Å². The van der Waals surface area contributed by atoms with Gasteiger partial charge in [-0.25, -0.2) is 0 Å². The summed E-state index contributed by atoms with van der Waals surface area (Å²) in [5.74, 6) is 0.711. The number of hydrogen-bond acceptors (Lipinski definition) is 3. The SMILES string of the molecule is Cc1ncccc1C(=N)N(C(=N)C(C)C)c1ccccc1. The van der Waals surface area contributed by atoms with E-state index in [-0.39, 0.29) is 11.8 Å². The summed E-state index contributed by atoms with van der Waals surface area (Å²) in [6, 6.07) is 13.3. The molecule has 0 fully saturated rings. The number of aromatic nitrogens is 1. The molecule has 4 heteroatoms. The summed E-state index contributed by atoms with van der Waals surface area (Å²) in [5.41, 5.74) is 2.36. The first-order valence-corrected chi connectivity index (χ1v) is 6.96. The molecule has 2 N–H and O–H groups in total. The third-order valence-corrected chi connectivity index (χ3v) is 3.29. The second-order valence-corrected chi connectivity index (χ2v) is 5.20. The molecule has 0 saturated heterocycles. The van der Waals surface area contributed by atoms with Crippen LogP contribution in [0.4, 0.5) is 5.69 Å². The Balaban J connectivity index is 2.48. The Morgan fingerprint density at radius 3 is 2.29 bits per heavy atom. The van der Waals surface area contributed by atoms with Crippen LogP contribution < -0.4 is 4.90 Å². The van der Waals surface area contributed by atoms with E-state index in [1.54, 1.807) is 11.1 Å². The second kappa shape index (κ2) is 6.31. The molecule has 0 aliphatic carbocycles. The highest BCUT2D eigenvalue weighted by atomic mass is 15.2. The highest BCUT2D eigenvalue weighted by Crippen LogP contribution is 2.20. The topological polar surface area (TPSA) is 63.8 Å². The van der Waals surface area contributed by atoms with Crippen molar-refractivity contribution in [3.05, 3.63) is 59.9 Å². The largest absolute Gasteiger partial charge is 0.288 e. The molecule has 0 spiro atoms. The third kappa shape index (κ3) is 3.16. The highest BCUT2D eigenvalue weighted by Gasteiger charge is 2.22.